The molecule has 0 aliphatic rings. The summed E-state index contributed by atoms with van der Waals surface area (Å²) in [6.45, 7) is 5.56. The molecule has 1 aromatic carbocycles. The maximum Gasteiger partial charge on any atom is 0.407 e. The highest BCUT2D eigenvalue weighted by Gasteiger charge is 2.15. The fourth-order valence-electron chi connectivity index (χ4n) is 1.49. The molecule has 0 heterocycles. The van der Waals surface area contributed by atoms with Gasteiger partial charge in [-0.05, 0) is 32.9 Å². The monoisotopic (exact) mass is 307 g/mol. The van der Waals surface area contributed by atoms with Crippen molar-refractivity contribution in [1.82, 2.24) is 5.32 Å². The lowest BCUT2D eigenvalue weighted by Gasteiger charge is -2.19. The summed E-state index contributed by atoms with van der Waals surface area (Å²) in [7, 11) is 0. The standard InChI is InChI=1S/C16H18FNO4/c1-16(2,3)22-15(21)18-7-5-4-6-11-8-12(10-19)14(20)13(17)9-11/h8-10,20H,5,7H2,1-3H3,(H,18,21). The van der Waals surface area contributed by atoms with E-state index in [1.807, 2.05) is 0 Å². The lowest BCUT2D eigenvalue weighted by Crippen LogP contribution is -2.32. The van der Waals surface area contributed by atoms with Gasteiger partial charge in [0.1, 0.15) is 5.60 Å². The van der Waals surface area contributed by atoms with Gasteiger partial charge in [0, 0.05) is 18.5 Å². The second-order valence-corrected chi connectivity index (χ2v) is 5.49. The van der Waals surface area contributed by atoms with Crippen molar-refractivity contribution in [2.45, 2.75) is 32.8 Å². The SMILES string of the molecule is CC(C)(C)OC(=O)NCCC#Cc1cc(F)c(O)c(C=O)c1. The molecular weight excluding hydrogens is 289 g/mol. The van der Waals surface area contributed by atoms with E-state index >= 15 is 0 Å². The van der Waals surface area contributed by atoms with E-state index < -0.39 is 23.3 Å². The van der Waals surface area contributed by atoms with Gasteiger partial charge < -0.3 is 15.2 Å². The highest BCUT2D eigenvalue weighted by Crippen LogP contribution is 2.21. The molecule has 0 atom stereocenters. The first-order valence-corrected chi connectivity index (χ1v) is 6.66. The maximum atomic E-state index is 13.3. The topological polar surface area (TPSA) is 75.6 Å². The fourth-order valence-corrected chi connectivity index (χ4v) is 1.49. The summed E-state index contributed by atoms with van der Waals surface area (Å²) in [5.41, 5.74) is -0.448. The van der Waals surface area contributed by atoms with Gasteiger partial charge in [0.2, 0.25) is 0 Å². The van der Waals surface area contributed by atoms with Gasteiger partial charge in [-0.1, -0.05) is 11.8 Å². The third-order valence-corrected chi connectivity index (χ3v) is 2.37. The minimum atomic E-state index is -0.902. The average Bonchev–Trinajstić information content (AvgIpc) is 2.40. The molecule has 0 bridgehead atoms. The number of rotatable bonds is 3. The zero-order chi connectivity index (χ0) is 16.8. The third kappa shape index (κ3) is 5.83. The van der Waals surface area contributed by atoms with E-state index in [-0.39, 0.29) is 17.7 Å². The molecule has 5 nitrogen and oxygen atoms in total. The molecule has 6 heteroatoms. The Morgan fingerprint density at radius 3 is 2.73 bits per heavy atom. The van der Waals surface area contributed by atoms with Crippen molar-refractivity contribution in [2.75, 3.05) is 6.54 Å². The Hall–Kier alpha value is -2.55. The second kappa shape index (κ2) is 7.46. The van der Waals surface area contributed by atoms with Crippen molar-refractivity contribution in [3.05, 3.63) is 29.1 Å². The Morgan fingerprint density at radius 2 is 2.14 bits per heavy atom. The van der Waals surface area contributed by atoms with E-state index in [9.17, 15) is 19.1 Å². The number of phenolic OH excluding ortho intramolecular Hbond substituents is 1. The molecule has 0 aliphatic carbocycles. The molecule has 22 heavy (non-hydrogen) atoms. The predicted molar refractivity (Wildman–Crippen MR) is 79.2 cm³/mol. The Labute approximate surface area is 128 Å². The number of carbonyl (C=O) groups excluding carboxylic acids is 2. The largest absolute Gasteiger partial charge is 0.504 e. The van der Waals surface area contributed by atoms with Crippen LogP contribution in [0.15, 0.2) is 12.1 Å². The van der Waals surface area contributed by atoms with Gasteiger partial charge in [0.05, 0.1) is 5.56 Å². The molecule has 1 rings (SSSR count). The maximum absolute atomic E-state index is 13.3. The van der Waals surface area contributed by atoms with Crippen LogP contribution >= 0.6 is 0 Å². The van der Waals surface area contributed by atoms with Crippen LogP contribution < -0.4 is 5.32 Å². The molecule has 0 saturated heterocycles. The molecule has 0 saturated carbocycles. The van der Waals surface area contributed by atoms with E-state index in [1.165, 1.54) is 6.07 Å². The van der Waals surface area contributed by atoms with Crippen LogP contribution in [0.4, 0.5) is 9.18 Å². The Morgan fingerprint density at radius 1 is 1.45 bits per heavy atom. The number of hydrogen-bond donors (Lipinski definition) is 2. The van der Waals surface area contributed by atoms with Crippen LogP contribution in [0.25, 0.3) is 0 Å². The van der Waals surface area contributed by atoms with Crippen molar-refractivity contribution in [3.63, 3.8) is 0 Å². The zero-order valence-electron chi connectivity index (χ0n) is 12.7. The minimum Gasteiger partial charge on any atom is -0.504 e. The van der Waals surface area contributed by atoms with Gasteiger partial charge in [0.25, 0.3) is 0 Å². The molecule has 0 aromatic heterocycles. The van der Waals surface area contributed by atoms with Crippen LogP contribution in [0.3, 0.4) is 0 Å². The highest BCUT2D eigenvalue weighted by atomic mass is 19.1. The molecule has 0 unspecified atom stereocenters. The first-order valence-electron chi connectivity index (χ1n) is 6.66. The van der Waals surface area contributed by atoms with Gasteiger partial charge in [-0.2, -0.15) is 0 Å². The van der Waals surface area contributed by atoms with E-state index in [1.54, 1.807) is 20.8 Å². The second-order valence-electron chi connectivity index (χ2n) is 5.49. The Balaban J connectivity index is 2.54. The molecule has 0 spiro atoms. The van der Waals surface area contributed by atoms with Gasteiger partial charge in [-0.3, -0.25) is 4.79 Å². The molecular formula is C16H18FNO4. The van der Waals surface area contributed by atoms with Gasteiger partial charge in [-0.25, -0.2) is 9.18 Å². The van der Waals surface area contributed by atoms with E-state index in [0.29, 0.717) is 12.7 Å². The van der Waals surface area contributed by atoms with Crippen LogP contribution in [0, 0.1) is 17.7 Å². The lowest BCUT2D eigenvalue weighted by atomic mass is 10.1. The smallest absolute Gasteiger partial charge is 0.407 e. The van der Waals surface area contributed by atoms with Crippen LogP contribution in [-0.2, 0) is 4.74 Å². The van der Waals surface area contributed by atoms with E-state index in [2.05, 4.69) is 17.2 Å². The van der Waals surface area contributed by atoms with Crippen LogP contribution in [0.1, 0.15) is 43.1 Å². The summed E-state index contributed by atoms with van der Waals surface area (Å²) in [6, 6.07) is 2.33. The number of benzene rings is 1. The van der Waals surface area contributed by atoms with E-state index in [0.717, 1.165) is 6.07 Å². The van der Waals surface area contributed by atoms with Gasteiger partial charge in [0.15, 0.2) is 17.9 Å². The average molecular weight is 307 g/mol. The number of ether oxygens (including phenoxy) is 1. The molecule has 0 radical (unpaired) electrons. The fraction of sp³-hybridized carbons (Fsp3) is 0.375. The molecule has 1 amide bonds. The summed E-state index contributed by atoms with van der Waals surface area (Å²) in [5.74, 6) is 3.80. The third-order valence-electron chi connectivity index (χ3n) is 2.37. The number of hydrogen-bond acceptors (Lipinski definition) is 4. The summed E-state index contributed by atoms with van der Waals surface area (Å²) in [4.78, 5) is 22.0. The van der Waals surface area contributed by atoms with Gasteiger partial charge in [-0.15, -0.1) is 0 Å². The van der Waals surface area contributed by atoms with Crippen molar-refractivity contribution >= 4 is 12.4 Å². The zero-order valence-corrected chi connectivity index (χ0v) is 12.7. The Bertz CT molecular complexity index is 624. The van der Waals surface area contributed by atoms with Crippen molar-refractivity contribution in [1.29, 1.82) is 0 Å². The minimum absolute atomic E-state index is 0.156. The number of nitrogens with one attached hydrogen (secondary N) is 1. The van der Waals surface area contributed by atoms with Crippen molar-refractivity contribution < 1.29 is 23.8 Å². The number of carbonyl (C=O) groups is 2. The molecule has 118 valence electrons. The van der Waals surface area contributed by atoms with Crippen molar-refractivity contribution in [3.8, 4) is 17.6 Å². The first kappa shape index (κ1) is 17.5. The number of aromatic hydroxyl groups is 1. The highest BCUT2D eigenvalue weighted by molar-refractivity contribution is 5.80. The lowest BCUT2D eigenvalue weighted by molar-refractivity contribution is 0.0529. The number of amides is 1. The number of alkyl carbamates (subject to hydrolysis) is 1. The van der Waals surface area contributed by atoms with Crippen LogP contribution in [0.2, 0.25) is 0 Å². The molecule has 1 aromatic rings. The van der Waals surface area contributed by atoms with Crippen LogP contribution in [-0.4, -0.2) is 29.6 Å². The Kier molecular flexibility index (Phi) is 5.93. The molecule has 0 aliphatic heterocycles. The van der Waals surface area contributed by atoms with Crippen molar-refractivity contribution in [2.24, 2.45) is 0 Å². The first-order chi connectivity index (χ1) is 10.2. The van der Waals surface area contributed by atoms with Gasteiger partial charge >= 0.3 is 6.09 Å². The summed E-state index contributed by atoms with van der Waals surface area (Å²) < 4.78 is 18.4. The summed E-state index contributed by atoms with van der Waals surface area (Å²) in [5, 5.41) is 11.8. The number of phenols is 1. The quantitative estimate of drug-likeness (QED) is 0.511. The number of halogens is 1. The summed E-state index contributed by atoms with van der Waals surface area (Å²) in [6.07, 6.45) is 0.152. The van der Waals surface area contributed by atoms with E-state index in [4.69, 9.17) is 4.74 Å². The number of aldehydes is 1. The molecule has 0 fully saturated rings. The summed E-state index contributed by atoms with van der Waals surface area (Å²) >= 11 is 0. The predicted octanol–water partition coefficient (Wildman–Crippen LogP) is 2.61. The van der Waals surface area contributed by atoms with Crippen LogP contribution in [0.5, 0.6) is 5.75 Å². The normalized spacial score (nSPS) is 10.4. The molecule has 2 N–H and O–H groups in total.